The fourth-order valence-corrected chi connectivity index (χ4v) is 3.17. The molecule has 0 saturated carbocycles. The molecule has 0 aliphatic rings. The second-order valence-electron chi connectivity index (χ2n) is 5.85. The maximum Gasteiger partial charge on any atom is 0.347 e. The number of primary amides is 1. The van der Waals surface area contributed by atoms with Gasteiger partial charge in [0.2, 0.25) is 17.5 Å². The van der Waals surface area contributed by atoms with Gasteiger partial charge in [-0.2, -0.15) is 0 Å². The van der Waals surface area contributed by atoms with Gasteiger partial charge in [0.25, 0.3) is 0 Å². The minimum atomic E-state index is -4.94. The summed E-state index contributed by atoms with van der Waals surface area (Å²) in [6.45, 7) is 0.145. The molecule has 8 nitrogen and oxygen atoms in total. The number of para-hydroxylation sites is 1. The van der Waals surface area contributed by atoms with Crippen LogP contribution in [0, 0.1) is 0 Å². The highest BCUT2D eigenvalue weighted by Crippen LogP contribution is 2.41. The van der Waals surface area contributed by atoms with E-state index in [1.165, 1.54) is 0 Å². The van der Waals surface area contributed by atoms with E-state index in [0.717, 1.165) is 11.3 Å². The van der Waals surface area contributed by atoms with E-state index in [0.29, 0.717) is 18.6 Å². The molecule has 1 atom stereocenters. The Morgan fingerprint density at radius 1 is 1.07 bits per heavy atom. The van der Waals surface area contributed by atoms with Crippen LogP contribution in [0.25, 0.3) is 0 Å². The van der Waals surface area contributed by atoms with Crippen LogP contribution in [0.4, 0.5) is 0 Å². The Kier molecular flexibility index (Phi) is 7.12. The maximum absolute atomic E-state index is 11.8. The van der Waals surface area contributed by atoms with Crippen LogP contribution in [0.15, 0.2) is 54.6 Å². The molecule has 2 aromatic carbocycles. The van der Waals surface area contributed by atoms with Gasteiger partial charge in [0, 0.05) is 6.54 Å². The number of hydrogen-bond donors (Lipinski definition) is 4. The van der Waals surface area contributed by atoms with Gasteiger partial charge in [0.1, 0.15) is 11.5 Å². The predicted molar refractivity (Wildman–Crippen MR) is 99.3 cm³/mol. The molecule has 1 unspecified atom stereocenters. The number of aryl methyl sites for hydroxylation is 1. The van der Waals surface area contributed by atoms with Crippen molar-refractivity contribution in [1.29, 1.82) is 0 Å². The Balaban J connectivity index is 1.85. The second kappa shape index (κ2) is 9.32. The molecule has 0 radical (unpaired) electrons. The van der Waals surface area contributed by atoms with E-state index in [4.69, 9.17) is 20.3 Å². The molecule has 9 heteroatoms. The maximum atomic E-state index is 11.8. The molecule has 0 aromatic heterocycles. The molecule has 5 N–H and O–H groups in total. The molecule has 2 amide bonds. The van der Waals surface area contributed by atoms with Gasteiger partial charge in [-0.25, -0.2) is 0 Å². The lowest BCUT2D eigenvalue weighted by molar-refractivity contribution is -0.127. The number of rotatable bonds is 9. The monoisotopic (exact) mass is 392 g/mol. The molecule has 0 spiro atoms. The molecule has 0 bridgehead atoms. The van der Waals surface area contributed by atoms with Crippen molar-refractivity contribution in [2.45, 2.75) is 18.5 Å². The van der Waals surface area contributed by atoms with Gasteiger partial charge in [-0.1, -0.05) is 30.3 Å². The fraction of sp³-hybridized carbons (Fsp3) is 0.222. The van der Waals surface area contributed by atoms with E-state index in [2.05, 4.69) is 5.32 Å². The van der Waals surface area contributed by atoms with Crippen LogP contribution in [-0.4, -0.2) is 33.8 Å². The van der Waals surface area contributed by atoms with E-state index >= 15 is 0 Å². The van der Waals surface area contributed by atoms with Crippen molar-refractivity contribution in [3.63, 3.8) is 0 Å². The quantitative estimate of drug-likeness (QED) is 0.290. The lowest BCUT2D eigenvalue weighted by atomic mass is 10.1. The minimum absolute atomic E-state index is 0.145. The Hall–Kier alpha value is -2.67. The van der Waals surface area contributed by atoms with Crippen molar-refractivity contribution in [3.05, 3.63) is 60.2 Å². The normalized spacial score (nSPS) is 12.2. The van der Waals surface area contributed by atoms with Gasteiger partial charge in [-0.05, 0) is 42.7 Å². The fourth-order valence-electron chi connectivity index (χ4n) is 2.44. The smallest absolute Gasteiger partial charge is 0.347 e. The number of amides is 2. The van der Waals surface area contributed by atoms with Gasteiger partial charge in [-0.3, -0.25) is 14.2 Å². The van der Waals surface area contributed by atoms with Gasteiger partial charge in [-0.15, -0.1) is 0 Å². The largest absolute Gasteiger partial charge is 0.457 e. The topological polar surface area (TPSA) is 139 Å². The Bertz CT molecular complexity index is 837. The van der Waals surface area contributed by atoms with Crippen molar-refractivity contribution in [2.75, 3.05) is 6.54 Å². The summed E-state index contributed by atoms with van der Waals surface area (Å²) in [6, 6.07) is 16.8. The summed E-state index contributed by atoms with van der Waals surface area (Å²) in [5.74, 6) is -1.03. The number of hydrogen-bond acceptors (Lipinski definition) is 4. The zero-order valence-corrected chi connectivity index (χ0v) is 15.3. The summed E-state index contributed by atoms with van der Waals surface area (Å²) in [6.07, 6.45) is 1.11. The van der Waals surface area contributed by atoms with Crippen LogP contribution in [-0.2, 0) is 20.6 Å². The molecule has 0 heterocycles. The molecule has 0 aliphatic heterocycles. The molecule has 0 saturated heterocycles. The van der Waals surface area contributed by atoms with Crippen molar-refractivity contribution in [2.24, 2.45) is 5.73 Å². The first kappa shape index (κ1) is 20.6. The van der Waals surface area contributed by atoms with Crippen LogP contribution in [0.1, 0.15) is 12.0 Å². The summed E-state index contributed by atoms with van der Waals surface area (Å²) >= 11 is 0. The molecular weight excluding hydrogens is 371 g/mol. The predicted octanol–water partition coefficient (Wildman–Crippen LogP) is 1.56. The lowest BCUT2D eigenvalue weighted by Gasteiger charge is -2.14. The number of nitrogens with two attached hydrogens (primary N) is 1. The van der Waals surface area contributed by atoms with Gasteiger partial charge in [0.05, 0.1) is 0 Å². The number of ether oxygens (including phenoxy) is 1. The highest BCUT2D eigenvalue weighted by atomic mass is 31.2. The first-order valence-corrected chi connectivity index (χ1v) is 9.89. The molecule has 0 aliphatic carbocycles. The number of carbonyl (C=O) groups is 2. The van der Waals surface area contributed by atoms with Gasteiger partial charge in [0.15, 0.2) is 0 Å². The van der Waals surface area contributed by atoms with Crippen LogP contribution < -0.4 is 15.8 Å². The third-order valence-corrected chi connectivity index (χ3v) is 4.83. The van der Waals surface area contributed by atoms with Crippen LogP contribution in [0.2, 0.25) is 0 Å². The summed E-state index contributed by atoms with van der Waals surface area (Å²) < 4.78 is 16.9. The van der Waals surface area contributed by atoms with Crippen molar-refractivity contribution in [1.82, 2.24) is 5.32 Å². The average Bonchev–Trinajstić information content (AvgIpc) is 2.58. The number of carbonyl (C=O) groups excluding carboxylic acids is 2. The molecule has 144 valence electrons. The lowest BCUT2D eigenvalue weighted by Crippen LogP contribution is -2.43. The first-order chi connectivity index (χ1) is 12.8. The van der Waals surface area contributed by atoms with Crippen LogP contribution >= 0.6 is 7.60 Å². The Morgan fingerprint density at radius 3 is 2.37 bits per heavy atom. The average molecular weight is 392 g/mol. The molecule has 2 rings (SSSR count). The Morgan fingerprint density at radius 2 is 1.74 bits per heavy atom. The summed E-state index contributed by atoms with van der Waals surface area (Å²) in [5, 5.41) is 2.33. The zero-order valence-electron chi connectivity index (χ0n) is 14.4. The molecule has 27 heavy (non-hydrogen) atoms. The Labute approximate surface area is 156 Å². The number of nitrogens with one attached hydrogen (secondary N) is 1. The van der Waals surface area contributed by atoms with E-state index in [9.17, 15) is 14.2 Å². The molecule has 0 fully saturated rings. The van der Waals surface area contributed by atoms with Crippen LogP contribution in [0.3, 0.4) is 0 Å². The number of benzene rings is 2. The van der Waals surface area contributed by atoms with Crippen molar-refractivity contribution in [3.8, 4) is 11.5 Å². The van der Waals surface area contributed by atoms with Crippen LogP contribution in [0.5, 0.6) is 11.5 Å². The first-order valence-electron chi connectivity index (χ1n) is 8.21. The highest BCUT2D eigenvalue weighted by molar-refractivity contribution is 7.55. The summed E-state index contributed by atoms with van der Waals surface area (Å²) in [5.41, 5.74) is 3.70. The van der Waals surface area contributed by atoms with Crippen molar-refractivity contribution >= 4 is 19.4 Å². The van der Waals surface area contributed by atoms with E-state index in [-0.39, 0.29) is 6.54 Å². The van der Waals surface area contributed by atoms with E-state index in [1.54, 1.807) is 0 Å². The summed E-state index contributed by atoms with van der Waals surface area (Å²) in [4.78, 5) is 40.9. The highest BCUT2D eigenvalue weighted by Gasteiger charge is 2.40. The van der Waals surface area contributed by atoms with Crippen molar-refractivity contribution < 1.29 is 28.7 Å². The SMILES string of the molecule is NC(=O)C(C(=O)NCCCc1cccc(Oc2ccccc2)c1)P(=O)(O)O. The molecular formula is C18H21N2O6P. The minimum Gasteiger partial charge on any atom is -0.457 e. The molecule has 2 aromatic rings. The third kappa shape index (κ3) is 6.53. The standard InChI is InChI=1S/C18H21N2O6P/c19-17(21)16(27(23,24)25)18(22)20-11-5-7-13-6-4-10-15(12-13)26-14-8-2-1-3-9-14/h1-4,6,8-10,12,16H,5,7,11H2,(H2,19,21)(H,20,22)(H2,23,24,25). The second-order valence-corrected chi connectivity index (χ2v) is 7.55. The third-order valence-electron chi connectivity index (χ3n) is 3.67. The van der Waals surface area contributed by atoms with E-state index in [1.807, 2.05) is 54.6 Å². The van der Waals surface area contributed by atoms with Gasteiger partial charge >= 0.3 is 7.60 Å². The van der Waals surface area contributed by atoms with Gasteiger partial charge < -0.3 is 25.6 Å². The summed E-state index contributed by atoms with van der Waals surface area (Å²) in [7, 11) is -4.94. The van der Waals surface area contributed by atoms with E-state index < -0.39 is 25.1 Å². The zero-order chi connectivity index (χ0) is 19.9.